The van der Waals surface area contributed by atoms with E-state index in [0.29, 0.717) is 32.7 Å². The van der Waals surface area contributed by atoms with Gasteiger partial charge in [0.2, 0.25) is 5.95 Å². The van der Waals surface area contributed by atoms with Crippen LogP contribution in [0.1, 0.15) is 78.5 Å². The van der Waals surface area contributed by atoms with E-state index in [1.807, 2.05) is 127 Å². The molecule has 0 unspecified atom stereocenters. The monoisotopic (exact) mass is 1170 g/mol. The molecule has 5 heterocycles. The smallest absolute Gasteiger partial charge is 0.662 e. The van der Waals surface area contributed by atoms with Crippen LogP contribution in [-0.2, 0) is 9.68 Å². The first-order valence-corrected chi connectivity index (χ1v) is 22.7. The zero-order valence-corrected chi connectivity index (χ0v) is 46.0. The van der Waals surface area contributed by atoms with Crippen molar-refractivity contribution < 1.29 is 58.8 Å². The van der Waals surface area contributed by atoms with Crippen LogP contribution in [0.3, 0.4) is 0 Å². The van der Waals surface area contributed by atoms with Gasteiger partial charge in [0.25, 0.3) is 6.47 Å². The van der Waals surface area contributed by atoms with Gasteiger partial charge >= 0.3 is 29.6 Å². The van der Waals surface area contributed by atoms with Gasteiger partial charge in [0, 0.05) is 88.2 Å². The second-order valence-corrected chi connectivity index (χ2v) is 16.5. The number of nitrogens with zero attached hydrogens (tertiary/aromatic N) is 11. The minimum absolute atomic E-state index is 0. The van der Waals surface area contributed by atoms with E-state index < -0.39 is 5.95 Å². The number of aliphatic hydroxyl groups is 1. The maximum atomic E-state index is 13.4. The van der Waals surface area contributed by atoms with Gasteiger partial charge in [-0.15, -0.1) is 15.3 Å². The topological polar surface area (TPSA) is 209 Å². The number of Topliss-reactive ketones (excluding diaryl/α,β-unsaturated/α-hetero) is 1. The van der Waals surface area contributed by atoms with Crippen LogP contribution >= 0.6 is 39.1 Å². The van der Waals surface area contributed by atoms with E-state index >= 15 is 0 Å². The Kier molecular flexibility index (Phi) is 41.2. The van der Waals surface area contributed by atoms with E-state index in [9.17, 15) is 9.18 Å². The number of hydrogen-bond acceptors (Lipinski definition) is 15. The van der Waals surface area contributed by atoms with Gasteiger partial charge in [-0.1, -0.05) is 108 Å². The molecule has 0 atom stereocenters. The average Bonchev–Trinajstić information content (AvgIpc) is 3.94. The third-order valence-corrected chi connectivity index (χ3v) is 10.6. The minimum atomic E-state index is -0.468. The number of aliphatic hydroxyl groups excluding tert-OH is 1. The van der Waals surface area contributed by atoms with Crippen LogP contribution in [-0.4, -0.2) is 111 Å². The molecule has 8 rings (SSSR count). The molecule has 0 amide bonds. The van der Waals surface area contributed by atoms with Crippen molar-refractivity contribution in [2.45, 2.75) is 72.3 Å². The molecule has 22 heteroatoms. The molecule has 0 saturated carbocycles. The predicted molar refractivity (Wildman–Crippen MR) is 315 cm³/mol. The van der Waals surface area contributed by atoms with E-state index in [4.69, 9.17) is 44.1 Å². The second-order valence-electron chi connectivity index (χ2n) is 15.2. The molecule has 3 aromatic carbocycles. The fourth-order valence-corrected chi connectivity index (χ4v) is 6.19. The number of imidazole rings is 2. The number of rotatable bonds is 8. The quantitative estimate of drug-likeness (QED) is 0.0364. The van der Waals surface area contributed by atoms with E-state index in [-0.39, 0.29) is 93.0 Å². The fraction of sp³-hybridized carbons (Fsp3) is 0.333. The summed E-state index contributed by atoms with van der Waals surface area (Å²) >= 11 is 14.7. The third-order valence-electron chi connectivity index (χ3n) is 9.33. The van der Waals surface area contributed by atoms with Crippen LogP contribution in [0.2, 0.25) is 10.3 Å². The Morgan fingerprint density at radius 3 is 1.38 bits per heavy atom. The Morgan fingerprint density at radius 1 is 0.684 bits per heavy atom. The minimum Gasteiger partial charge on any atom is -0.662 e. The van der Waals surface area contributed by atoms with Crippen molar-refractivity contribution in [3.63, 3.8) is 0 Å². The molecular weight excluding hydrogens is 1090 g/mol. The zero-order valence-electron chi connectivity index (χ0n) is 40.9. The zero-order chi connectivity index (χ0) is 51.4. The first-order chi connectivity index (χ1) is 32.8. The number of hydrogen-bond donors (Lipinski definition) is 2. The van der Waals surface area contributed by atoms with Gasteiger partial charge in [0.1, 0.15) is 5.82 Å². The molecule has 414 valence electrons. The number of nitrogens with two attached hydrogens (primary N) is 1. The molecule has 0 bridgehead atoms. The molecule has 3 N–H and O–H groups in total. The number of anilines is 4. The number of fused-ring (bicyclic) bond motifs is 2. The number of aryl methyl sites for hydroxylation is 3. The van der Waals surface area contributed by atoms with E-state index in [1.165, 1.54) is 4.52 Å². The number of alkyl halides is 1. The predicted octanol–water partition coefficient (Wildman–Crippen LogP) is 8.94. The summed E-state index contributed by atoms with van der Waals surface area (Å²) in [6, 6.07) is 29.2. The number of ketones is 1. The van der Waals surface area contributed by atoms with Crippen molar-refractivity contribution in [2.24, 2.45) is 0 Å². The Morgan fingerprint density at radius 2 is 1.04 bits per heavy atom. The average molecular weight is 1170 g/mol. The van der Waals surface area contributed by atoms with Gasteiger partial charge in [-0.05, 0) is 106 Å². The van der Waals surface area contributed by atoms with Gasteiger partial charge in [-0.25, -0.2) is 19.0 Å². The van der Waals surface area contributed by atoms with Crippen LogP contribution in [0.15, 0.2) is 103 Å². The molecule has 5 aromatic heterocycles. The van der Waals surface area contributed by atoms with Crippen LogP contribution < -0.4 is 55.2 Å². The Balaban J connectivity index is -0.000000283. The summed E-state index contributed by atoms with van der Waals surface area (Å²) < 4.78 is 16.6. The number of benzene rings is 3. The van der Waals surface area contributed by atoms with E-state index in [2.05, 4.69) is 80.3 Å². The number of carbonyl (C=O) groups is 2. The van der Waals surface area contributed by atoms with Gasteiger partial charge in [0.15, 0.2) is 27.4 Å². The second kappa shape index (κ2) is 39.6. The Bertz CT molecular complexity index is 2660. The van der Waals surface area contributed by atoms with Crippen molar-refractivity contribution >= 4 is 85.6 Å². The van der Waals surface area contributed by atoms with Gasteiger partial charge < -0.3 is 35.7 Å². The summed E-state index contributed by atoms with van der Waals surface area (Å²) in [5.74, 6) is 0.0478. The largest absolute Gasteiger partial charge is 1.00 e. The van der Waals surface area contributed by atoms with Crippen molar-refractivity contribution in [3.05, 3.63) is 142 Å². The molecule has 0 radical (unpaired) electrons. The molecule has 76 heavy (non-hydrogen) atoms. The van der Waals surface area contributed by atoms with Gasteiger partial charge in [0.05, 0.1) is 29.1 Å². The summed E-state index contributed by atoms with van der Waals surface area (Å²) in [6.07, 6.45) is 3.63. The first-order valence-electron chi connectivity index (χ1n) is 20.8. The first kappa shape index (κ1) is 79.1. The molecule has 8 aromatic rings. The summed E-state index contributed by atoms with van der Waals surface area (Å²) in [5, 5.41) is 32.5. The normalized spacial score (nSPS) is 9.11. The Hall–Kier alpha value is -5.77. The van der Waals surface area contributed by atoms with Crippen molar-refractivity contribution in [1.82, 2.24) is 39.4 Å². The van der Waals surface area contributed by atoms with Gasteiger partial charge in [-0.3, -0.25) is 9.59 Å². The molecule has 0 aliphatic heterocycles. The molecule has 0 saturated heterocycles. The van der Waals surface area contributed by atoms with Crippen LogP contribution in [0, 0.1) is 26.7 Å². The van der Waals surface area contributed by atoms with Crippen LogP contribution in [0.5, 0.6) is 0 Å². The molecule has 0 aliphatic rings. The standard InChI is InChI=1S/C15H15ClN4.C15H15FN4.C10H12BrNO.C5H6ClN3.C2H6O.CH2O3.6CH4.Na/c2*1-10-8-14-17-13(9-20(14)18-15(10)16)11-4-6-12(7-5-11)19(2)3;1-12(2)9-5-3-8(4-6-9)10(13)7-11;1-3-2-4(7)8-9-5(3)6;1-2-3;2-1-4-3;;;;;;;/h2*4-9H,1-3H3;3-6H,7H2,1-2H3;2H,1H3,(H2,7,8);3H,2H2,1H3;1,3H;6*1H4;/q;;;;;;;;;;;;+1/p-1. The Labute approximate surface area is 491 Å². The van der Waals surface area contributed by atoms with Crippen molar-refractivity contribution in [2.75, 3.05) is 74.7 Å². The fourth-order valence-electron chi connectivity index (χ4n) is 5.63. The number of carbonyl (C=O) groups excluding carboxylic acids is 2. The van der Waals surface area contributed by atoms with E-state index in [1.54, 1.807) is 36.7 Å². The maximum absolute atomic E-state index is 13.4. The van der Waals surface area contributed by atoms with Crippen LogP contribution in [0.4, 0.5) is 27.3 Å². The summed E-state index contributed by atoms with van der Waals surface area (Å²) in [7, 11) is 12.0. The number of aromatic nitrogens is 8. The molecule has 0 aliphatic carbocycles. The van der Waals surface area contributed by atoms with Crippen molar-refractivity contribution in [1.29, 1.82) is 0 Å². The molecular formula is C54H79BrCl2FN12NaO5. The molecule has 17 nitrogen and oxygen atoms in total. The summed E-state index contributed by atoms with van der Waals surface area (Å²) in [4.78, 5) is 37.7. The molecule has 0 fully saturated rings. The van der Waals surface area contributed by atoms with Crippen molar-refractivity contribution in [3.8, 4) is 22.5 Å². The van der Waals surface area contributed by atoms with Gasteiger partial charge in [-0.2, -0.15) is 9.49 Å². The summed E-state index contributed by atoms with van der Waals surface area (Å²) in [6.45, 7) is 7.19. The SMILES string of the molecule is C.C.C.C.C.C.CCO.CN(C)c1ccc(C(=O)CBr)cc1.Cc1cc(N)nnc1Cl.Cc1cc2nc(-c3ccc(N(C)C)cc3)cn2nc1Cl.Cc1cc2nc(-c3ccc(N(C)C)cc3)cn2nc1F.O=CO[O-].[Na+]. The number of nitrogen functional groups attached to an aromatic ring is 1. The van der Waals surface area contributed by atoms with Crippen LogP contribution in [0.25, 0.3) is 33.8 Å². The third kappa shape index (κ3) is 24.5. The van der Waals surface area contributed by atoms with E-state index in [0.717, 1.165) is 61.9 Å². The molecule has 0 spiro atoms. The maximum Gasteiger partial charge on any atom is 1.00 e. The summed E-state index contributed by atoms with van der Waals surface area (Å²) in [5.41, 5.74) is 16.9. The number of halogens is 4.